The Morgan fingerprint density at radius 3 is 2.54 bits per heavy atom. The van der Waals surface area contributed by atoms with E-state index in [2.05, 4.69) is 18.8 Å². The molecule has 0 aromatic carbocycles. The van der Waals surface area contributed by atoms with Gasteiger partial charge < -0.3 is 10.8 Å². The number of aliphatic hydroxyl groups excluding tert-OH is 1. The molecular formula is C10H16N2O. The van der Waals surface area contributed by atoms with E-state index in [1.807, 2.05) is 12.1 Å². The van der Waals surface area contributed by atoms with Gasteiger partial charge in [-0.15, -0.1) is 0 Å². The summed E-state index contributed by atoms with van der Waals surface area (Å²) < 4.78 is 0. The fourth-order valence-electron chi connectivity index (χ4n) is 1.08. The SMILES string of the molecule is CC(C)c1ccc(C(N)CO)cn1. The first-order valence-corrected chi connectivity index (χ1v) is 4.47. The summed E-state index contributed by atoms with van der Waals surface area (Å²) in [5.74, 6) is 0.430. The number of hydrogen-bond acceptors (Lipinski definition) is 3. The highest BCUT2D eigenvalue weighted by Crippen LogP contribution is 2.14. The minimum Gasteiger partial charge on any atom is -0.394 e. The third-order valence-electron chi connectivity index (χ3n) is 2.03. The van der Waals surface area contributed by atoms with Gasteiger partial charge in [0.2, 0.25) is 0 Å². The lowest BCUT2D eigenvalue weighted by atomic mass is 10.1. The summed E-state index contributed by atoms with van der Waals surface area (Å²) in [6.45, 7) is 4.14. The summed E-state index contributed by atoms with van der Waals surface area (Å²) in [7, 11) is 0. The first-order chi connectivity index (χ1) is 6.15. The van der Waals surface area contributed by atoms with Crippen LogP contribution in [0.1, 0.15) is 37.1 Å². The molecule has 0 radical (unpaired) electrons. The summed E-state index contributed by atoms with van der Waals surface area (Å²) in [5, 5.41) is 8.81. The first kappa shape index (κ1) is 10.2. The summed E-state index contributed by atoms with van der Waals surface area (Å²) in [4.78, 5) is 4.26. The number of nitrogens with zero attached hydrogens (tertiary/aromatic N) is 1. The quantitative estimate of drug-likeness (QED) is 0.734. The number of aliphatic hydroxyl groups is 1. The highest BCUT2D eigenvalue weighted by Gasteiger charge is 2.05. The first-order valence-electron chi connectivity index (χ1n) is 4.47. The van der Waals surface area contributed by atoms with E-state index in [1.165, 1.54) is 0 Å². The van der Waals surface area contributed by atoms with E-state index in [0.29, 0.717) is 5.92 Å². The van der Waals surface area contributed by atoms with Gasteiger partial charge in [0.15, 0.2) is 0 Å². The summed E-state index contributed by atoms with van der Waals surface area (Å²) >= 11 is 0. The second-order valence-corrected chi connectivity index (χ2v) is 3.46. The van der Waals surface area contributed by atoms with Crippen molar-refractivity contribution in [3.05, 3.63) is 29.6 Å². The molecule has 1 unspecified atom stereocenters. The molecule has 0 saturated carbocycles. The Kier molecular flexibility index (Phi) is 3.39. The van der Waals surface area contributed by atoms with Crippen molar-refractivity contribution in [2.45, 2.75) is 25.8 Å². The van der Waals surface area contributed by atoms with Crippen LogP contribution < -0.4 is 5.73 Å². The molecule has 1 aromatic heterocycles. The Hall–Kier alpha value is -0.930. The van der Waals surface area contributed by atoms with E-state index in [-0.39, 0.29) is 12.6 Å². The molecule has 0 aliphatic carbocycles. The molecule has 0 fully saturated rings. The van der Waals surface area contributed by atoms with Crippen molar-refractivity contribution in [3.8, 4) is 0 Å². The van der Waals surface area contributed by atoms with Gasteiger partial charge in [-0.2, -0.15) is 0 Å². The number of nitrogens with two attached hydrogens (primary N) is 1. The smallest absolute Gasteiger partial charge is 0.0624 e. The topological polar surface area (TPSA) is 59.1 Å². The van der Waals surface area contributed by atoms with Gasteiger partial charge in [-0.25, -0.2) is 0 Å². The van der Waals surface area contributed by atoms with Crippen LogP contribution in [0.3, 0.4) is 0 Å². The Bertz CT molecular complexity index is 256. The highest BCUT2D eigenvalue weighted by atomic mass is 16.3. The third kappa shape index (κ3) is 2.50. The molecule has 0 saturated heterocycles. The normalized spacial score (nSPS) is 13.3. The largest absolute Gasteiger partial charge is 0.394 e. The molecule has 1 aromatic rings. The second kappa shape index (κ2) is 4.35. The standard InChI is InChI=1S/C10H16N2O/c1-7(2)10-4-3-8(5-12-10)9(11)6-13/h3-5,7,9,13H,6,11H2,1-2H3. The van der Waals surface area contributed by atoms with Crippen molar-refractivity contribution in [2.75, 3.05) is 6.61 Å². The van der Waals surface area contributed by atoms with Gasteiger partial charge in [0.05, 0.1) is 12.6 Å². The average molecular weight is 180 g/mol. The van der Waals surface area contributed by atoms with Gasteiger partial charge in [0.25, 0.3) is 0 Å². The van der Waals surface area contributed by atoms with Gasteiger partial charge in [-0.3, -0.25) is 4.98 Å². The van der Waals surface area contributed by atoms with Crippen molar-refractivity contribution >= 4 is 0 Å². The zero-order chi connectivity index (χ0) is 9.84. The van der Waals surface area contributed by atoms with Crippen LogP contribution in [0.15, 0.2) is 18.3 Å². The Morgan fingerprint density at radius 1 is 1.46 bits per heavy atom. The summed E-state index contributed by atoms with van der Waals surface area (Å²) in [5.41, 5.74) is 7.56. The Labute approximate surface area is 78.6 Å². The maximum absolute atomic E-state index is 8.81. The lowest BCUT2D eigenvalue weighted by molar-refractivity contribution is 0.268. The van der Waals surface area contributed by atoms with E-state index in [9.17, 15) is 0 Å². The van der Waals surface area contributed by atoms with Crippen LogP contribution in [-0.2, 0) is 0 Å². The van der Waals surface area contributed by atoms with Crippen LogP contribution in [0.4, 0.5) is 0 Å². The third-order valence-corrected chi connectivity index (χ3v) is 2.03. The Morgan fingerprint density at radius 2 is 2.15 bits per heavy atom. The average Bonchev–Trinajstić information content (AvgIpc) is 2.17. The van der Waals surface area contributed by atoms with Crippen LogP contribution in [-0.4, -0.2) is 16.7 Å². The summed E-state index contributed by atoms with van der Waals surface area (Å²) in [6.07, 6.45) is 1.73. The molecule has 1 heterocycles. The molecule has 0 spiro atoms. The van der Waals surface area contributed by atoms with Gasteiger partial charge in [-0.05, 0) is 17.5 Å². The number of pyridine rings is 1. The van der Waals surface area contributed by atoms with Crippen molar-refractivity contribution in [3.63, 3.8) is 0 Å². The van der Waals surface area contributed by atoms with Crippen LogP contribution in [0.25, 0.3) is 0 Å². The second-order valence-electron chi connectivity index (χ2n) is 3.46. The Balaban J connectivity index is 2.81. The maximum atomic E-state index is 8.81. The highest BCUT2D eigenvalue weighted by molar-refractivity contribution is 5.18. The van der Waals surface area contributed by atoms with Crippen LogP contribution in [0.5, 0.6) is 0 Å². The van der Waals surface area contributed by atoms with Crippen LogP contribution >= 0.6 is 0 Å². The predicted molar refractivity (Wildman–Crippen MR) is 52.3 cm³/mol. The lowest BCUT2D eigenvalue weighted by Crippen LogP contribution is -2.14. The molecule has 3 nitrogen and oxygen atoms in total. The number of hydrogen-bond donors (Lipinski definition) is 2. The molecule has 13 heavy (non-hydrogen) atoms. The maximum Gasteiger partial charge on any atom is 0.0624 e. The van der Waals surface area contributed by atoms with Gasteiger partial charge >= 0.3 is 0 Å². The molecule has 1 atom stereocenters. The molecule has 0 bridgehead atoms. The van der Waals surface area contributed by atoms with Crippen molar-refractivity contribution in [2.24, 2.45) is 5.73 Å². The zero-order valence-corrected chi connectivity index (χ0v) is 8.07. The van der Waals surface area contributed by atoms with Crippen molar-refractivity contribution < 1.29 is 5.11 Å². The molecule has 0 aliphatic rings. The van der Waals surface area contributed by atoms with Gasteiger partial charge in [-0.1, -0.05) is 19.9 Å². The predicted octanol–water partition coefficient (Wildman–Crippen LogP) is 1.20. The van der Waals surface area contributed by atoms with E-state index in [1.54, 1.807) is 6.20 Å². The van der Waals surface area contributed by atoms with E-state index in [0.717, 1.165) is 11.3 Å². The minimum atomic E-state index is -0.311. The molecule has 3 N–H and O–H groups in total. The number of aromatic nitrogens is 1. The van der Waals surface area contributed by atoms with Crippen molar-refractivity contribution in [1.82, 2.24) is 4.98 Å². The molecule has 0 amide bonds. The van der Waals surface area contributed by atoms with E-state index < -0.39 is 0 Å². The zero-order valence-electron chi connectivity index (χ0n) is 8.07. The van der Waals surface area contributed by atoms with Crippen molar-refractivity contribution in [1.29, 1.82) is 0 Å². The van der Waals surface area contributed by atoms with Crippen LogP contribution in [0, 0.1) is 0 Å². The fraction of sp³-hybridized carbons (Fsp3) is 0.500. The van der Waals surface area contributed by atoms with E-state index >= 15 is 0 Å². The molecule has 1 rings (SSSR count). The summed E-state index contributed by atoms with van der Waals surface area (Å²) in [6, 6.07) is 3.56. The van der Waals surface area contributed by atoms with Crippen LogP contribution in [0.2, 0.25) is 0 Å². The molecular weight excluding hydrogens is 164 g/mol. The lowest BCUT2D eigenvalue weighted by Gasteiger charge is -2.09. The van der Waals surface area contributed by atoms with Gasteiger partial charge in [0.1, 0.15) is 0 Å². The monoisotopic (exact) mass is 180 g/mol. The minimum absolute atomic E-state index is 0.0390. The van der Waals surface area contributed by atoms with E-state index in [4.69, 9.17) is 10.8 Å². The van der Waals surface area contributed by atoms with Gasteiger partial charge in [0, 0.05) is 11.9 Å². The molecule has 3 heteroatoms. The molecule has 72 valence electrons. The molecule has 0 aliphatic heterocycles. The number of rotatable bonds is 3. The fourth-order valence-corrected chi connectivity index (χ4v) is 1.08.